The molecule has 29 heavy (non-hydrogen) atoms. The number of nitrogens with zero attached hydrogens (tertiary/aromatic N) is 3. The molecule has 1 atom stereocenters. The third-order valence-corrected chi connectivity index (χ3v) is 5.98. The molecule has 2 aromatic heterocycles. The largest absolute Gasteiger partial charge is 0.344 e. The number of sulfonamides is 1. The Bertz CT molecular complexity index is 1100. The number of carbonyl (C=O) groups excluding carboxylic acids is 1. The maximum absolute atomic E-state index is 12.7. The van der Waals surface area contributed by atoms with Gasteiger partial charge < -0.3 is 5.32 Å². The number of rotatable bonds is 7. The molecule has 11 heteroatoms. The summed E-state index contributed by atoms with van der Waals surface area (Å²) in [5, 5.41) is 6.88. The second kappa shape index (κ2) is 9.04. The maximum atomic E-state index is 12.7. The molecular weight excluding hydrogens is 482 g/mol. The molecule has 0 saturated heterocycles. The molecular formula is C18H17BrClN5O3S. The van der Waals surface area contributed by atoms with E-state index in [-0.39, 0.29) is 16.6 Å². The first kappa shape index (κ1) is 21.4. The molecule has 2 heterocycles. The van der Waals surface area contributed by atoms with Crippen molar-refractivity contribution in [3.63, 3.8) is 0 Å². The monoisotopic (exact) mass is 497 g/mol. The molecule has 1 unspecified atom stereocenters. The van der Waals surface area contributed by atoms with Gasteiger partial charge in [0.1, 0.15) is 14.7 Å². The van der Waals surface area contributed by atoms with Crippen LogP contribution in [0, 0.1) is 0 Å². The Morgan fingerprint density at radius 3 is 2.62 bits per heavy atom. The van der Waals surface area contributed by atoms with Crippen LogP contribution in [0.4, 0.5) is 0 Å². The van der Waals surface area contributed by atoms with Crippen molar-refractivity contribution in [2.24, 2.45) is 7.05 Å². The Balaban J connectivity index is 1.81. The quantitative estimate of drug-likeness (QED) is 0.487. The lowest BCUT2D eigenvalue weighted by Crippen LogP contribution is -2.37. The lowest BCUT2D eigenvalue weighted by molar-refractivity contribution is 0.0937. The zero-order valence-electron chi connectivity index (χ0n) is 15.2. The van der Waals surface area contributed by atoms with E-state index in [0.717, 1.165) is 5.56 Å². The van der Waals surface area contributed by atoms with Crippen LogP contribution in [-0.4, -0.2) is 35.6 Å². The van der Waals surface area contributed by atoms with Gasteiger partial charge in [-0.2, -0.15) is 5.10 Å². The zero-order valence-corrected chi connectivity index (χ0v) is 18.4. The van der Waals surface area contributed by atoms with Gasteiger partial charge in [-0.1, -0.05) is 41.9 Å². The number of amides is 1. The summed E-state index contributed by atoms with van der Waals surface area (Å²) in [5.41, 5.74) is 1.04. The van der Waals surface area contributed by atoms with Gasteiger partial charge in [-0.15, -0.1) is 0 Å². The van der Waals surface area contributed by atoms with Crippen LogP contribution >= 0.6 is 27.5 Å². The number of halogens is 2. The minimum Gasteiger partial charge on any atom is -0.344 e. The highest BCUT2D eigenvalue weighted by Gasteiger charge is 2.21. The standard InChI is InChI=1S/C18H17BrClN5O3S/c1-25-11-14(9-21-25)29(27,28)22-10-15(12-5-3-2-4-6-12)23-18(26)13-7-16(19)24-17(20)8-13/h2-9,11,15,22H,10H2,1H3,(H,23,26). The van der Waals surface area contributed by atoms with Gasteiger partial charge in [-0.3, -0.25) is 9.48 Å². The number of benzene rings is 1. The predicted molar refractivity (Wildman–Crippen MR) is 112 cm³/mol. The molecule has 0 aliphatic rings. The highest BCUT2D eigenvalue weighted by Crippen LogP contribution is 2.18. The van der Waals surface area contributed by atoms with Crippen LogP contribution < -0.4 is 10.0 Å². The molecule has 1 aromatic carbocycles. The Morgan fingerprint density at radius 1 is 1.28 bits per heavy atom. The van der Waals surface area contributed by atoms with Gasteiger partial charge in [0.2, 0.25) is 10.0 Å². The molecule has 0 saturated carbocycles. The molecule has 0 aliphatic carbocycles. The van der Waals surface area contributed by atoms with Crippen LogP contribution in [0.3, 0.4) is 0 Å². The second-order valence-corrected chi connectivity index (χ2v) is 9.11. The van der Waals surface area contributed by atoms with Crippen LogP contribution in [0.5, 0.6) is 0 Å². The maximum Gasteiger partial charge on any atom is 0.252 e. The Labute approximate surface area is 181 Å². The van der Waals surface area contributed by atoms with Crippen molar-refractivity contribution in [2.45, 2.75) is 10.9 Å². The first-order chi connectivity index (χ1) is 13.7. The molecule has 8 nitrogen and oxygen atoms in total. The summed E-state index contributed by atoms with van der Waals surface area (Å²) < 4.78 is 29.4. The molecule has 0 bridgehead atoms. The van der Waals surface area contributed by atoms with Crippen molar-refractivity contribution in [3.8, 4) is 0 Å². The number of nitrogens with one attached hydrogen (secondary N) is 2. The molecule has 0 aliphatic heterocycles. The van der Waals surface area contributed by atoms with Gasteiger partial charge in [0.15, 0.2) is 0 Å². The normalized spacial score (nSPS) is 12.5. The first-order valence-electron chi connectivity index (χ1n) is 8.42. The number of hydrogen-bond donors (Lipinski definition) is 2. The Hall–Kier alpha value is -2.27. The van der Waals surface area contributed by atoms with E-state index < -0.39 is 22.0 Å². The van der Waals surface area contributed by atoms with Gasteiger partial charge in [-0.25, -0.2) is 18.1 Å². The van der Waals surface area contributed by atoms with E-state index in [1.807, 2.05) is 18.2 Å². The van der Waals surface area contributed by atoms with E-state index in [1.54, 1.807) is 19.2 Å². The smallest absolute Gasteiger partial charge is 0.252 e. The molecule has 0 radical (unpaired) electrons. The van der Waals surface area contributed by atoms with Gasteiger partial charge in [0, 0.05) is 25.4 Å². The summed E-state index contributed by atoms with van der Waals surface area (Å²) in [4.78, 5) is 16.7. The predicted octanol–water partition coefficient (Wildman–Crippen LogP) is 2.68. The van der Waals surface area contributed by atoms with Crippen molar-refractivity contribution in [3.05, 3.63) is 75.7 Å². The molecule has 3 rings (SSSR count). The van der Waals surface area contributed by atoms with E-state index in [1.165, 1.54) is 29.2 Å². The Morgan fingerprint density at radius 2 is 2.00 bits per heavy atom. The van der Waals surface area contributed by atoms with E-state index >= 15 is 0 Å². The van der Waals surface area contributed by atoms with E-state index in [4.69, 9.17) is 11.6 Å². The number of carbonyl (C=O) groups is 1. The molecule has 0 fully saturated rings. The summed E-state index contributed by atoms with van der Waals surface area (Å²) in [6.45, 7) is -0.0486. The van der Waals surface area contributed by atoms with Gasteiger partial charge >= 0.3 is 0 Å². The van der Waals surface area contributed by atoms with Crippen molar-refractivity contribution in [2.75, 3.05) is 6.54 Å². The summed E-state index contributed by atoms with van der Waals surface area (Å²) in [7, 11) is -2.15. The topological polar surface area (TPSA) is 106 Å². The fourth-order valence-corrected chi connectivity index (χ4v) is 4.37. The Kier molecular flexibility index (Phi) is 6.68. The highest BCUT2D eigenvalue weighted by molar-refractivity contribution is 9.10. The zero-order chi connectivity index (χ0) is 21.0. The highest BCUT2D eigenvalue weighted by atomic mass is 79.9. The van der Waals surface area contributed by atoms with Gasteiger partial charge in [0.05, 0.1) is 12.2 Å². The average molecular weight is 499 g/mol. The van der Waals surface area contributed by atoms with E-state index in [9.17, 15) is 13.2 Å². The van der Waals surface area contributed by atoms with Crippen LogP contribution in [0.25, 0.3) is 0 Å². The molecule has 3 aromatic rings. The second-order valence-electron chi connectivity index (χ2n) is 6.14. The van der Waals surface area contributed by atoms with Crippen LogP contribution in [0.2, 0.25) is 5.15 Å². The summed E-state index contributed by atoms with van der Waals surface area (Å²) in [6, 6.07) is 11.4. The van der Waals surface area contributed by atoms with E-state index in [0.29, 0.717) is 10.2 Å². The summed E-state index contributed by atoms with van der Waals surface area (Å²) in [5.74, 6) is -0.413. The molecule has 152 valence electrons. The number of aryl methyl sites for hydroxylation is 1. The van der Waals surface area contributed by atoms with Gasteiger partial charge in [-0.05, 0) is 33.6 Å². The molecule has 1 amide bonds. The summed E-state index contributed by atoms with van der Waals surface area (Å²) >= 11 is 9.12. The van der Waals surface area contributed by atoms with Crippen LogP contribution in [0.15, 0.2) is 64.4 Å². The number of hydrogen-bond acceptors (Lipinski definition) is 5. The molecule has 2 N–H and O–H groups in total. The lowest BCUT2D eigenvalue weighted by Gasteiger charge is -2.20. The number of pyridine rings is 1. The minimum atomic E-state index is -3.78. The third kappa shape index (κ3) is 5.63. The van der Waals surface area contributed by atoms with Crippen molar-refractivity contribution < 1.29 is 13.2 Å². The van der Waals surface area contributed by atoms with Gasteiger partial charge in [0.25, 0.3) is 5.91 Å². The summed E-state index contributed by atoms with van der Waals surface area (Å²) in [6.07, 6.45) is 2.66. The lowest BCUT2D eigenvalue weighted by atomic mass is 10.1. The number of aromatic nitrogens is 3. The van der Waals surface area contributed by atoms with Crippen molar-refractivity contribution in [1.82, 2.24) is 24.8 Å². The van der Waals surface area contributed by atoms with Crippen LogP contribution in [-0.2, 0) is 17.1 Å². The fourth-order valence-electron chi connectivity index (χ4n) is 2.59. The third-order valence-electron chi connectivity index (χ3n) is 4.00. The fraction of sp³-hybridized carbons (Fsp3) is 0.167. The minimum absolute atomic E-state index is 0.0444. The SMILES string of the molecule is Cn1cc(S(=O)(=O)NCC(NC(=O)c2cc(Cl)nc(Br)c2)c2ccccc2)cn1. The first-order valence-corrected chi connectivity index (χ1v) is 11.1. The van der Waals surface area contributed by atoms with Crippen LogP contribution in [0.1, 0.15) is 22.0 Å². The molecule has 0 spiro atoms. The van der Waals surface area contributed by atoms with E-state index in [2.05, 4.69) is 36.1 Å². The van der Waals surface area contributed by atoms with Crippen molar-refractivity contribution in [1.29, 1.82) is 0 Å². The van der Waals surface area contributed by atoms with Crippen molar-refractivity contribution >= 4 is 43.5 Å². The average Bonchev–Trinajstić information content (AvgIpc) is 3.12.